The fraction of sp³-hybridized carbons (Fsp3) is 0.562. The molecule has 1 aliphatic heterocycles. The molecule has 2 heteroatoms. The maximum atomic E-state index is 12.5. The fourth-order valence-electron chi connectivity index (χ4n) is 3.30. The molecule has 3 rings (SSSR count). The van der Waals surface area contributed by atoms with Crippen LogP contribution in [0.2, 0.25) is 0 Å². The maximum absolute atomic E-state index is 12.5. The number of benzene rings is 1. The zero-order valence-corrected chi connectivity index (χ0v) is 11.0. The van der Waals surface area contributed by atoms with Crippen LogP contribution in [0.4, 0.5) is 5.69 Å². The molecule has 0 amide bonds. The highest BCUT2D eigenvalue weighted by atomic mass is 16.1. The van der Waals surface area contributed by atoms with Crippen molar-refractivity contribution in [1.29, 1.82) is 0 Å². The highest BCUT2D eigenvalue weighted by Crippen LogP contribution is 2.33. The summed E-state index contributed by atoms with van der Waals surface area (Å²) in [5.41, 5.74) is 2.44. The average Bonchev–Trinajstić information content (AvgIpc) is 2.82. The summed E-state index contributed by atoms with van der Waals surface area (Å²) in [6.07, 6.45) is 5.50. The molecule has 1 atom stereocenters. The van der Waals surface area contributed by atoms with Gasteiger partial charge in [0.1, 0.15) is 0 Å². The van der Waals surface area contributed by atoms with E-state index in [0.29, 0.717) is 11.7 Å². The SMILES string of the molecule is CC1CCC(C(=O)C2Cc3ccccc3N2)CC1. The predicted molar refractivity (Wildman–Crippen MR) is 73.7 cm³/mol. The standard InChI is InChI=1S/C16H21NO/c1-11-6-8-12(9-7-11)16(18)15-10-13-4-2-3-5-14(13)17-15/h2-5,11-12,15,17H,6-10H2,1H3. The van der Waals surface area contributed by atoms with Crippen molar-refractivity contribution in [1.82, 2.24) is 0 Å². The molecule has 1 unspecified atom stereocenters. The van der Waals surface area contributed by atoms with Crippen LogP contribution >= 0.6 is 0 Å². The molecule has 2 nitrogen and oxygen atoms in total. The van der Waals surface area contributed by atoms with Gasteiger partial charge in [-0.15, -0.1) is 0 Å². The average molecular weight is 243 g/mol. The van der Waals surface area contributed by atoms with E-state index in [-0.39, 0.29) is 6.04 Å². The number of para-hydroxylation sites is 1. The van der Waals surface area contributed by atoms with Crippen LogP contribution in [0.15, 0.2) is 24.3 Å². The molecule has 0 saturated heterocycles. The molecule has 0 spiro atoms. The molecule has 1 aromatic carbocycles. The maximum Gasteiger partial charge on any atom is 0.158 e. The lowest BCUT2D eigenvalue weighted by Gasteiger charge is -2.27. The Labute approximate surface area is 109 Å². The number of carbonyl (C=O) groups excluding carboxylic acids is 1. The molecular weight excluding hydrogens is 222 g/mol. The highest BCUT2D eigenvalue weighted by Gasteiger charge is 2.33. The Morgan fingerprint density at radius 1 is 1.17 bits per heavy atom. The van der Waals surface area contributed by atoms with Crippen molar-refractivity contribution in [2.45, 2.75) is 45.1 Å². The first-order chi connectivity index (χ1) is 8.74. The summed E-state index contributed by atoms with van der Waals surface area (Å²) in [6.45, 7) is 2.30. The van der Waals surface area contributed by atoms with Gasteiger partial charge in [0, 0.05) is 18.0 Å². The number of carbonyl (C=O) groups is 1. The van der Waals surface area contributed by atoms with E-state index in [9.17, 15) is 4.79 Å². The van der Waals surface area contributed by atoms with Crippen LogP contribution in [0.5, 0.6) is 0 Å². The number of Topliss-reactive ketones (excluding diaryl/α,β-unsaturated/α-hetero) is 1. The summed E-state index contributed by atoms with van der Waals surface area (Å²) >= 11 is 0. The van der Waals surface area contributed by atoms with E-state index in [4.69, 9.17) is 0 Å². The molecule has 1 fully saturated rings. The number of hydrogen-bond donors (Lipinski definition) is 1. The van der Waals surface area contributed by atoms with E-state index in [1.165, 1.54) is 18.4 Å². The summed E-state index contributed by atoms with van der Waals surface area (Å²) in [5.74, 6) is 1.55. The van der Waals surface area contributed by atoms with Gasteiger partial charge in [-0.2, -0.15) is 0 Å². The van der Waals surface area contributed by atoms with Gasteiger partial charge in [0.05, 0.1) is 6.04 Å². The normalized spacial score (nSPS) is 30.6. The van der Waals surface area contributed by atoms with E-state index in [1.807, 2.05) is 6.07 Å². The van der Waals surface area contributed by atoms with Crippen LogP contribution in [-0.2, 0) is 11.2 Å². The molecule has 1 aromatic rings. The number of ketones is 1. The van der Waals surface area contributed by atoms with Crippen LogP contribution in [0.25, 0.3) is 0 Å². The third kappa shape index (κ3) is 2.16. The minimum absolute atomic E-state index is 0.0285. The van der Waals surface area contributed by atoms with Gasteiger partial charge in [-0.25, -0.2) is 0 Å². The Morgan fingerprint density at radius 2 is 1.89 bits per heavy atom. The van der Waals surface area contributed by atoms with Crippen LogP contribution in [0, 0.1) is 11.8 Å². The Balaban J connectivity index is 1.65. The molecule has 0 radical (unpaired) electrons. The Kier molecular flexibility index (Phi) is 3.11. The quantitative estimate of drug-likeness (QED) is 0.862. The zero-order valence-electron chi connectivity index (χ0n) is 11.0. The first-order valence-corrected chi connectivity index (χ1v) is 7.12. The lowest BCUT2D eigenvalue weighted by Crippen LogP contribution is -2.34. The zero-order chi connectivity index (χ0) is 12.5. The number of fused-ring (bicyclic) bond motifs is 1. The van der Waals surface area contributed by atoms with Crippen molar-refractivity contribution in [2.75, 3.05) is 5.32 Å². The summed E-state index contributed by atoms with van der Waals surface area (Å²) in [7, 11) is 0. The molecule has 1 N–H and O–H groups in total. The third-order valence-corrected chi connectivity index (χ3v) is 4.53. The molecule has 2 aliphatic rings. The van der Waals surface area contributed by atoms with Gasteiger partial charge in [0.2, 0.25) is 0 Å². The molecule has 1 saturated carbocycles. The minimum atomic E-state index is 0.0285. The smallest absolute Gasteiger partial charge is 0.158 e. The van der Waals surface area contributed by atoms with Gasteiger partial charge in [-0.3, -0.25) is 4.79 Å². The van der Waals surface area contributed by atoms with E-state index in [0.717, 1.165) is 30.9 Å². The highest BCUT2D eigenvalue weighted by molar-refractivity contribution is 5.91. The number of rotatable bonds is 2. The summed E-state index contributed by atoms with van der Waals surface area (Å²) < 4.78 is 0. The predicted octanol–water partition coefficient (Wildman–Crippen LogP) is 3.42. The van der Waals surface area contributed by atoms with E-state index < -0.39 is 0 Å². The van der Waals surface area contributed by atoms with Crippen molar-refractivity contribution in [3.63, 3.8) is 0 Å². The van der Waals surface area contributed by atoms with Crippen LogP contribution < -0.4 is 5.32 Å². The Hall–Kier alpha value is -1.31. The van der Waals surface area contributed by atoms with E-state index in [2.05, 4.69) is 30.4 Å². The topological polar surface area (TPSA) is 29.1 Å². The van der Waals surface area contributed by atoms with Gasteiger partial charge in [0.15, 0.2) is 5.78 Å². The molecular formula is C16H21NO. The number of hydrogen-bond acceptors (Lipinski definition) is 2. The Morgan fingerprint density at radius 3 is 2.61 bits per heavy atom. The van der Waals surface area contributed by atoms with E-state index in [1.54, 1.807) is 0 Å². The van der Waals surface area contributed by atoms with Crippen LogP contribution in [0.3, 0.4) is 0 Å². The summed E-state index contributed by atoms with van der Waals surface area (Å²) in [6, 6.07) is 8.31. The lowest BCUT2D eigenvalue weighted by molar-refractivity contribution is -0.124. The van der Waals surface area contributed by atoms with Gasteiger partial charge in [-0.1, -0.05) is 38.0 Å². The second-order valence-corrected chi connectivity index (χ2v) is 5.92. The van der Waals surface area contributed by atoms with Crippen molar-refractivity contribution in [2.24, 2.45) is 11.8 Å². The number of anilines is 1. The van der Waals surface area contributed by atoms with Crippen LogP contribution in [-0.4, -0.2) is 11.8 Å². The fourth-order valence-corrected chi connectivity index (χ4v) is 3.30. The van der Waals surface area contributed by atoms with Crippen molar-refractivity contribution < 1.29 is 4.79 Å². The van der Waals surface area contributed by atoms with Crippen molar-refractivity contribution in [3.8, 4) is 0 Å². The molecule has 1 aliphatic carbocycles. The second-order valence-electron chi connectivity index (χ2n) is 5.92. The third-order valence-electron chi connectivity index (χ3n) is 4.53. The van der Waals surface area contributed by atoms with Gasteiger partial charge < -0.3 is 5.32 Å². The van der Waals surface area contributed by atoms with Gasteiger partial charge in [-0.05, 0) is 30.4 Å². The molecule has 18 heavy (non-hydrogen) atoms. The molecule has 1 heterocycles. The van der Waals surface area contributed by atoms with Crippen molar-refractivity contribution >= 4 is 11.5 Å². The number of nitrogens with one attached hydrogen (secondary N) is 1. The largest absolute Gasteiger partial charge is 0.375 e. The molecule has 0 bridgehead atoms. The lowest BCUT2D eigenvalue weighted by atomic mass is 9.79. The molecule has 96 valence electrons. The van der Waals surface area contributed by atoms with Gasteiger partial charge in [0.25, 0.3) is 0 Å². The van der Waals surface area contributed by atoms with E-state index >= 15 is 0 Å². The summed E-state index contributed by atoms with van der Waals surface area (Å²) in [5, 5.41) is 3.39. The Bertz CT molecular complexity index is 421. The minimum Gasteiger partial charge on any atom is -0.375 e. The first-order valence-electron chi connectivity index (χ1n) is 7.12. The van der Waals surface area contributed by atoms with Crippen molar-refractivity contribution in [3.05, 3.63) is 29.8 Å². The molecule has 0 aromatic heterocycles. The van der Waals surface area contributed by atoms with Gasteiger partial charge >= 0.3 is 0 Å². The monoisotopic (exact) mass is 243 g/mol. The second kappa shape index (κ2) is 4.75. The first kappa shape index (κ1) is 11.8. The van der Waals surface area contributed by atoms with Crippen LogP contribution in [0.1, 0.15) is 38.2 Å². The summed E-state index contributed by atoms with van der Waals surface area (Å²) in [4.78, 5) is 12.5.